The Morgan fingerprint density at radius 2 is 2.17 bits per heavy atom. The fourth-order valence-electron chi connectivity index (χ4n) is 1.44. The first-order valence-electron chi connectivity index (χ1n) is 5.26. The highest BCUT2D eigenvalue weighted by molar-refractivity contribution is 7.99. The lowest BCUT2D eigenvalue weighted by molar-refractivity contribution is 0.645. The Balaban J connectivity index is 2.15. The van der Waals surface area contributed by atoms with Crippen molar-refractivity contribution in [3.05, 3.63) is 35.9 Å². The van der Waals surface area contributed by atoms with Gasteiger partial charge in [-0.15, -0.1) is 5.10 Å². The van der Waals surface area contributed by atoms with Gasteiger partial charge in [0, 0.05) is 12.8 Å². The number of tetrazole rings is 1. The predicted molar refractivity (Wildman–Crippen MR) is 67.4 cm³/mol. The van der Waals surface area contributed by atoms with E-state index in [9.17, 15) is 5.26 Å². The molecule has 0 aliphatic carbocycles. The van der Waals surface area contributed by atoms with Crippen LogP contribution in [0.4, 0.5) is 0 Å². The first-order valence-corrected chi connectivity index (χ1v) is 6.25. The molecule has 2 N–H and O–H groups in total. The summed E-state index contributed by atoms with van der Waals surface area (Å²) in [6.45, 7) is 0. The first kappa shape index (κ1) is 12.5. The van der Waals surface area contributed by atoms with Gasteiger partial charge in [-0.1, -0.05) is 42.1 Å². The average Bonchev–Trinajstić information content (AvgIpc) is 2.83. The third kappa shape index (κ3) is 2.50. The van der Waals surface area contributed by atoms with E-state index in [1.807, 2.05) is 30.3 Å². The summed E-state index contributed by atoms with van der Waals surface area (Å²) >= 11 is 1.36. The number of thioether (sulfide) groups is 1. The number of hydrogen-bond acceptors (Lipinski definition) is 6. The Morgan fingerprint density at radius 1 is 1.44 bits per heavy atom. The minimum Gasteiger partial charge on any atom is -0.309 e. The van der Waals surface area contributed by atoms with E-state index in [4.69, 9.17) is 5.73 Å². The molecule has 0 saturated heterocycles. The van der Waals surface area contributed by atoms with Crippen LogP contribution in [0.5, 0.6) is 0 Å². The molecule has 0 bridgehead atoms. The molecule has 18 heavy (non-hydrogen) atoms. The van der Waals surface area contributed by atoms with E-state index in [0.717, 1.165) is 5.56 Å². The maximum Gasteiger partial charge on any atom is 0.209 e. The molecule has 7 heteroatoms. The van der Waals surface area contributed by atoms with Crippen molar-refractivity contribution in [1.82, 2.24) is 20.2 Å². The third-order valence-electron chi connectivity index (χ3n) is 2.50. The Labute approximate surface area is 109 Å². The number of aryl methyl sites for hydroxylation is 1. The van der Waals surface area contributed by atoms with E-state index in [2.05, 4.69) is 21.6 Å². The number of benzene rings is 1. The normalized spacial score (nSPS) is 13.8. The van der Waals surface area contributed by atoms with E-state index in [1.54, 1.807) is 11.7 Å². The van der Waals surface area contributed by atoms with Crippen molar-refractivity contribution in [3.63, 3.8) is 0 Å². The fraction of sp³-hybridized carbons (Fsp3) is 0.273. The number of nitriles is 1. The maximum atomic E-state index is 9.29. The predicted octanol–water partition coefficient (Wildman–Crippen LogP) is 0.680. The van der Waals surface area contributed by atoms with Gasteiger partial charge in [0.15, 0.2) is 0 Å². The highest BCUT2D eigenvalue weighted by Gasteiger charge is 2.28. The van der Waals surface area contributed by atoms with Crippen LogP contribution in [0.1, 0.15) is 5.56 Å². The molecular formula is C11H12N6S. The van der Waals surface area contributed by atoms with Gasteiger partial charge in [0.1, 0.15) is 5.54 Å². The van der Waals surface area contributed by atoms with E-state index < -0.39 is 5.54 Å². The number of rotatable bonds is 4. The topological polar surface area (TPSA) is 93.4 Å². The van der Waals surface area contributed by atoms with Gasteiger partial charge < -0.3 is 5.73 Å². The molecule has 92 valence electrons. The van der Waals surface area contributed by atoms with Crippen LogP contribution in [0.3, 0.4) is 0 Å². The van der Waals surface area contributed by atoms with E-state index >= 15 is 0 Å². The lowest BCUT2D eigenvalue weighted by atomic mass is 9.95. The van der Waals surface area contributed by atoms with Crippen molar-refractivity contribution < 1.29 is 0 Å². The number of hydrogen-bond donors (Lipinski definition) is 1. The summed E-state index contributed by atoms with van der Waals surface area (Å²) in [5, 5.41) is 21.0. The molecule has 1 aromatic heterocycles. The van der Waals surface area contributed by atoms with Crippen LogP contribution in [0.25, 0.3) is 0 Å². The quantitative estimate of drug-likeness (QED) is 0.812. The Bertz CT molecular complexity index is 560. The van der Waals surface area contributed by atoms with Gasteiger partial charge in [0.25, 0.3) is 0 Å². The highest BCUT2D eigenvalue weighted by atomic mass is 32.2. The molecule has 0 radical (unpaired) electrons. The molecule has 6 nitrogen and oxygen atoms in total. The molecular weight excluding hydrogens is 248 g/mol. The number of aromatic nitrogens is 4. The molecule has 0 amide bonds. The van der Waals surface area contributed by atoms with E-state index in [1.165, 1.54) is 11.8 Å². The maximum absolute atomic E-state index is 9.29. The van der Waals surface area contributed by atoms with Crippen molar-refractivity contribution in [1.29, 1.82) is 5.26 Å². The lowest BCUT2D eigenvalue weighted by Crippen LogP contribution is -2.37. The van der Waals surface area contributed by atoms with Crippen LogP contribution in [0.2, 0.25) is 0 Å². The lowest BCUT2D eigenvalue weighted by Gasteiger charge is -2.20. The van der Waals surface area contributed by atoms with E-state index in [-0.39, 0.29) is 0 Å². The second kappa shape index (κ2) is 5.16. The Kier molecular flexibility index (Phi) is 3.60. The largest absolute Gasteiger partial charge is 0.309 e. The molecule has 1 heterocycles. The van der Waals surface area contributed by atoms with Crippen LogP contribution < -0.4 is 5.73 Å². The fourth-order valence-corrected chi connectivity index (χ4v) is 2.34. The van der Waals surface area contributed by atoms with E-state index in [0.29, 0.717) is 10.9 Å². The third-order valence-corrected chi connectivity index (χ3v) is 3.70. The van der Waals surface area contributed by atoms with Gasteiger partial charge in [0.2, 0.25) is 5.16 Å². The van der Waals surface area contributed by atoms with Crippen LogP contribution >= 0.6 is 11.8 Å². The van der Waals surface area contributed by atoms with Crippen LogP contribution in [-0.4, -0.2) is 26.0 Å². The zero-order valence-electron chi connectivity index (χ0n) is 9.82. The van der Waals surface area contributed by atoms with Gasteiger partial charge in [-0.3, -0.25) is 0 Å². The minimum atomic E-state index is -1.04. The zero-order chi connectivity index (χ0) is 13.0. The molecule has 0 aliphatic rings. The monoisotopic (exact) mass is 260 g/mol. The Hall–Kier alpha value is -1.91. The van der Waals surface area contributed by atoms with Crippen LogP contribution in [0.15, 0.2) is 35.5 Å². The SMILES string of the molecule is Cn1nnnc1SCC(N)(C#N)c1ccccc1. The average molecular weight is 260 g/mol. The van der Waals surface area contributed by atoms with Crippen molar-refractivity contribution in [2.75, 3.05) is 5.75 Å². The number of nitrogens with two attached hydrogens (primary N) is 1. The van der Waals surface area contributed by atoms with Crippen molar-refractivity contribution in [2.24, 2.45) is 12.8 Å². The summed E-state index contributed by atoms with van der Waals surface area (Å²) in [6.07, 6.45) is 0. The summed E-state index contributed by atoms with van der Waals surface area (Å²) in [6, 6.07) is 11.5. The van der Waals surface area contributed by atoms with Gasteiger partial charge in [0.05, 0.1) is 6.07 Å². The molecule has 0 saturated carbocycles. The summed E-state index contributed by atoms with van der Waals surface area (Å²) in [5.41, 5.74) is 5.87. The zero-order valence-corrected chi connectivity index (χ0v) is 10.6. The molecule has 2 rings (SSSR count). The molecule has 1 aromatic carbocycles. The van der Waals surface area contributed by atoms with Gasteiger partial charge in [-0.2, -0.15) is 5.26 Å². The smallest absolute Gasteiger partial charge is 0.209 e. The molecule has 1 unspecified atom stereocenters. The molecule has 0 aliphatic heterocycles. The van der Waals surface area contributed by atoms with Gasteiger partial charge in [-0.05, 0) is 16.0 Å². The standard InChI is InChI=1S/C11H12N6S/c1-17-10(14-15-16-17)18-8-11(13,7-12)9-5-3-2-4-6-9/h2-6H,8,13H2,1H3. The first-order chi connectivity index (χ1) is 8.65. The van der Waals surface area contributed by atoms with Gasteiger partial charge >= 0.3 is 0 Å². The molecule has 0 fully saturated rings. The minimum absolute atomic E-state index is 0.391. The summed E-state index contributed by atoms with van der Waals surface area (Å²) in [5.74, 6) is 0.391. The second-order valence-electron chi connectivity index (χ2n) is 3.82. The van der Waals surface area contributed by atoms with Crippen LogP contribution in [-0.2, 0) is 12.6 Å². The molecule has 1 atom stereocenters. The van der Waals surface area contributed by atoms with Gasteiger partial charge in [-0.25, -0.2) is 4.68 Å². The van der Waals surface area contributed by atoms with Crippen molar-refractivity contribution in [3.8, 4) is 6.07 Å². The van der Waals surface area contributed by atoms with Crippen LogP contribution in [0, 0.1) is 11.3 Å². The highest BCUT2D eigenvalue weighted by Crippen LogP contribution is 2.25. The number of nitrogens with zero attached hydrogens (tertiary/aromatic N) is 5. The van der Waals surface area contributed by atoms with Crippen molar-refractivity contribution >= 4 is 11.8 Å². The summed E-state index contributed by atoms with van der Waals surface area (Å²) in [7, 11) is 1.75. The summed E-state index contributed by atoms with van der Waals surface area (Å²) < 4.78 is 1.55. The molecule has 0 spiro atoms. The Morgan fingerprint density at radius 3 is 2.72 bits per heavy atom. The second-order valence-corrected chi connectivity index (χ2v) is 4.77. The van der Waals surface area contributed by atoms with Crippen molar-refractivity contribution in [2.45, 2.75) is 10.7 Å². The molecule has 2 aromatic rings. The summed E-state index contributed by atoms with van der Waals surface area (Å²) in [4.78, 5) is 0.